The summed E-state index contributed by atoms with van der Waals surface area (Å²) in [6.07, 6.45) is -0.617. The van der Waals surface area contributed by atoms with Gasteiger partial charge in [-0.25, -0.2) is 0 Å². The highest BCUT2D eigenvalue weighted by Crippen LogP contribution is 2.19. The van der Waals surface area contributed by atoms with Crippen molar-refractivity contribution in [3.63, 3.8) is 0 Å². The smallest absolute Gasteiger partial charge is 0.123 e. The highest BCUT2D eigenvalue weighted by Gasteiger charge is 2.18. The molecule has 1 aromatic rings. The minimum atomic E-state index is -1.06. The molecule has 0 aliphatic rings. The second-order valence-corrected chi connectivity index (χ2v) is 3.44. The predicted octanol–water partition coefficient (Wildman–Crippen LogP) is 0.605. The summed E-state index contributed by atoms with van der Waals surface area (Å²) in [5, 5.41) is 18.9. The van der Waals surface area contributed by atoms with Gasteiger partial charge in [-0.3, -0.25) is 4.98 Å². The van der Waals surface area contributed by atoms with Gasteiger partial charge in [0.25, 0.3) is 0 Å². The van der Waals surface area contributed by atoms with Gasteiger partial charge in [-0.15, -0.1) is 11.6 Å². The average Bonchev–Trinajstić information content (AvgIpc) is 2.20. The van der Waals surface area contributed by atoms with Crippen LogP contribution in [-0.4, -0.2) is 27.2 Å². The Balaban J connectivity index is 2.91. The van der Waals surface area contributed by atoms with Crippen molar-refractivity contribution in [2.45, 2.75) is 19.1 Å². The van der Waals surface area contributed by atoms with E-state index in [1.807, 2.05) is 0 Å². The van der Waals surface area contributed by atoms with E-state index in [0.29, 0.717) is 11.4 Å². The first kappa shape index (κ1) is 11.2. The molecule has 78 valence electrons. The van der Waals surface area contributed by atoms with Gasteiger partial charge < -0.3 is 15.9 Å². The molecule has 0 saturated carbocycles. The Morgan fingerprint density at radius 2 is 2.21 bits per heavy atom. The number of alkyl halides is 1. The molecule has 1 rings (SSSR count). The van der Waals surface area contributed by atoms with Crippen molar-refractivity contribution in [2.24, 2.45) is 0 Å². The molecule has 0 fully saturated rings. The molecule has 0 bridgehead atoms. The summed E-state index contributed by atoms with van der Waals surface area (Å²) < 4.78 is 0. The SMILES string of the molecule is Cc1cc(C(O)C(O)CCl)ncc1N. The molecular weight excluding hydrogens is 204 g/mol. The van der Waals surface area contributed by atoms with Crippen LogP contribution in [0.3, 0.4) is 0 Å². The lowest BCUT2D eigenvalue weighted by molar-refractivity contribution is 0.0300. The first-order chi connectivity index (χ1) is 6.56. The number of nitrogens with zero attached hydrogens (tertiary/aromatic N) is 1. The Kier molecular flexibility index (Phi) is 3.69. The van der Waals surface area contributed by atoms with Gasteiger partial charge in [-0.2, -0.15) is 0 Å². The molecule has 4 nitrogen and oxygen atoms in total. The monoisotopic (exact) mass is 216 g/mol. The summed E-state index contributed by atoms with van der Waals surface area (Å²) in [5.74, 6) is -0.0354. The highest BCUT2D eigenvalue weighted by molar-refractivity contribution is 6.18. The molecule has 0 radical (unpaired) electrons. The van der Waals surface area contributed by atoms with Gasteiger partial charge >= 0.3 is 0 Å². The number of aliphatic hydroxyl groups excluding tert-OH is 2. The fourth-order valence-corrected chi connectivity index (χ4v) is 1.20. The van der Waals surface area contributed by atoms with Crippen LogP contribution >= 0.6 is 11.6 Å². The molecule has 0 aromatic carbocycles. The van der Waals surface area contributed by atoms with E-state index in [1.54, 1.807) is 13.0 Å². The van der Waals surface area contributed by atoms with Gasteiger partial charge in [0.05, 0.1) is 29.6 Å². The number of nitrogens with two attached hydrogens (primary N) is 1. The largest absolute Gasteiger partial charge is 0.397 e. The lowest BCUT2D eigenvalue weighted by Crippen LogP contribution is -2.20. The molecule has 1 aromatic heterocycles. The molecule has 2 unspecified atom stereocenters. The second kappa shape index (κ2) is 4.59. The van der Waals surface area contributed by atoms with E-state index in [0.717, 1.165) is 5.56 Å². The molecule has 0 aliphatic carbocycles. The number of aromatic nitrogens is 1. The molecule has 0 spiro atoms. The molecular formula is C9H13ClN2O2. The third-order valence-corrected chi connectivity index (χ3v) is 2.31. The molecule has 5 heteroatoms. The van der Waals surface area contributed by atoms with Crippen LogP contribution in [0.2, 0.25) is 0 Å². The van der Waals surface area contributed by atoms with Crippen molar-refractivity contribution < 1.29 is 10.2 Å². The zero-order valence-corrected chi connectivity index (χ0v) is 8.57. The van der Waals surface area contributed by atoms with Crippen LogP contribution in [0.4, 0.5) is 5.69 Å². The Labute approximate surface area is 87.3 Å². The first-order valence-electron chi connectivity index (χ1n) is 4.20. The molecule has 4 N–H and O–H groups in total. The van der Waals surface area contributed by atoms with Crippen LogP contribution < -0.4 is 5.73 Å². The molecule has 0 saturated heterocycles. The zero-order valence-electron chi connectivity index (χ0n) is 7.81. The molecule has 2 atom stereocenters. The number of anilines is 1. The summed E-state index contributed by atoms with van der Waals surface area (Å²) in [6.45, 7) is 1.81. The van der Waals surface area contributed by atoms with Crippen LogP contribution in [0, 0.1) is 6.92 Å². The van der Waals surface area contributed by atoms with Gasteiger partial charge in [-0.05, 0) is 18.6 Å². The molecule has 0 aliphatic heterocycles. The van der Waals surface area contributed by atoms with Crippen molar-refractivity contribution in [2.75, 3.05) is 11.6 Å². The van der Waals surface area contributed by atoms with Crippen LogP contribution in [-0.2, 0) is 0 Å². The average molecular weight is 217 g/mol. The Morgan fingerprint density at radius 3 is 2.71 bits per heavy atom. The number of halogens is 1. The Bertz CT molecular complexity index is 320. The van der Waals surface area contributed by atoms with E-state index in [4.69, 9.17) is 17.3 Å². The van der Waals surface area contributed by atoms with Crippen molar-refractivity contribution in [3.05, 3.63) is 23.5 Å². The van der Waals surface area contributed by atoms with Gasteiger partial charge in [0.15, 0.2) is 0 Å². The number of aliphatic hydroxyl groups is 2. The lowest BCUT2D eigenvalue weighted by atomic mass is 10.1. The van der Waals surface area contributed by atoms with Crippen LogP contribution in [0.15, 0.2) is 12.3 Å². The van der Waals surface area contributed by atoms with Gasteiger partial charge in [0, 0.05) is 0 Å². The number of aryl methyl sites for hydroxylation is 1. The van der Waals surface area contributed by atoms with Crippen molar-refractivity contribution in [3.8, 4) is 0 Å². The van der Waals surface area contributed by atoms with Crippen molar-refractivity contribution in [1.29, 1.82) is 0 Å². The summed E-state index contributed by atoms with van der Waals surface area (Å²) in [4.78, 5) is 3.91. The third-order valence-electron chi connectivity index (χ3n) is 2.00. The quantitative estimate of drug-likeness (QED) is 0.647. The predicted molar refractivity (Wildman–Crippen MR) is 55.1 cm³/mol. The van der Waals surface area contributed by atoms with E-state index in [-0.39, 0.29) is 5.88 Å². The topological polar surface area (TPSA) is 79.4 Å². The van der Waals surface area contributed by atoms with E-state index < -0.39 is 12.2 Å². The second-order valence-electron chi connectivity index (χ2n) is 3.13. The van der Waals surface area contributed by atoms with E-state index >= 15 is 0 Å². The summed E-state index contributed by atoms with van der Waals surface area (Å²) in [5.41, 5.74) is 7.32. The first-order valence-corrected chi connectivity index (χ1v) is 4.73. The van der Waals surface area contributed by atoms with Gasteiger partial charge in [-0.1, -0.05) is 0 Å². The van der Waals surface area contributed by atoms with Crippen molar-refractivity contribution >= 4 is 17.3 Å². The van der Waals surface area contributed by atoms with Crippen LogP contribution in [0.5, 0.6) is 0 Å². The fourth-order valence-electron chi connectivity index (χ4n) is 1.03. The minimum Gasteiger partial charge on any atom is -0.397 e. The number of nitrogen functional groups attached to an aromatic ring is 1. The third kappa shape index (κ3) is 2.35. The normalized spacial score (nSPS) is 15.1. The van der Waals surface area contributed by atoms with E-state index in [1.165, 1.54) is 6.20 Å². The molecule has 1 heterocycles. The number of hydrogen-bond donors (Lipinski definition) is 3. The van der Waals surface area contributed by atoms with Crippen LogP contribution in [0.1, 0.15) is 17.4 Å². The van der Waals surface area contributed by atoms with E-state index in [9.17, 15) is 10.2 Å². The lowest BCUT2D eigenvalue weighted by Gasteiger charge is -2.15. The van der Waals surface area contributed by atoms with Crippen LogP contribution in [0.25, 0.3) is 0 Å². The maximum Gasteiger partial charge on any atom is 0.123 e. The maximum atomic E-state index is 9.57. The molecule has 14 heavy (non-hydrogen) atoms. The van der Waals surface area contributed by atoms with Gasteiger partial charge in [0.1, 0.15) is 6.10 Å². The van der Waals surface area contributed by atoms with Gasteiger partial charge in [0.2, 0.25) is 0 Å². The maximum absolute atomic E-state index is 9.57. The Hall–Kier alpha value is -0.840. The fraction of sp³-hybridized carbons (Fsp3) is 0.444. The minimum absolute atomic E-state index is 0.0354. The standard InChI is InChI=1S/C9H13ClN2O2/c1-5-2-7(12-4-6(5)11)9(14)8(13)3-10/h2,4,8-9,13-14H,3,11H2,1H3. The number of hydrogen-bond acceptors (Lipinski definition) is 4. The highest BCUT2D eigenvalue weighted by atomic mass is 35.5. The number of pyridine rings is 1. The Morgan fingerprint density at radius 1 is 1.57 bits per heavy atom. The zero-order chi connectivity index (χ0) is 10.7. The van der Waals surface area contributed by atoms with Crippen molar-refractivity contribution in [1.82, 2.24) is 4.98 Å². The summed E-state index contributed by atoms with van der Waals surface area (Å²) in [6, 6.07) is 1.63. The summed E-state index contributed by atoms with van der Waals surface area (Å²) in [7, 11) is 0. The molecule has 0 amide bonds. The number of rotatable bonds is 3. The summed E-state index contributed by atoms with van der Waals surface area (Å²) >= 11 is 5.41. The van der Waals surface area contributed by atoms with E-state index in [2.05, 4.69) is 4.98 Å².